The topological polar surface area (TPSA) is 47.6 Å². The second-order valence-electron chi connectivity index (χ2n) is 2.64. The number of benzene rings is 1. The van der Waals surface area contributed by atoms with Crippen molar-refractivity contribution >= 4 is 5.78 Å². The largest absolute Gasteiger partial charge is 0.454 e. The molecule has 4 nitrogen and oxygen atoms in total. The van der Waals surface area contributed by atoms with Crippen molar-refractivity contribution in [3.05, 3.63) is 23.7 Å². The number of likely N-dealkylation sites (N-methyl/N-ethyl adjacent to an activating group) is 1. The van der Waals surface area contributed by atoms with Crippen LogP contribution >= 0.6 is 0 Å². The fourth-order valence-corrected chi connectivity index (χ4v) is 1.02. The lowest BCUT2D eigenvalue weighted by molar-refractivity contribution is 0.0954. The Hall–Kier alpha value is -1.55. The minimum Gasteiger partial charge on any atom is -0.454 e. The Kier molecular flexibility index (Phi) is 0.907. The van der Waals surface area contributed by atoms with Crippen molar-refractivity contribution in [2.24, 2.45) is 0 Å². The van der Waals surface area contributed by atoms with Crippen LogP contribution < -0.4 is 14.8 Å². The molecule has 0 fully saturated rings. The van der Waals surface area contributed by atoms with Gasteiger partial charge in [-0.1, -0.05) is 0 Å². The van der Waals surface area contributed by atoms with Gasteiger partial charge in [0.25, 0.3) is 0 Å². The molecule has 4 heteroatoms. The standard InChI is InChI=1S/C11H13NO3/c1-7(12-2)11(13)8-3-4-9-10(5-8)15-6-14-9/h3-5,7,12H,6H2,1-2H3/t7-/m1/s1/i1D3,2D3,3D,4D,5D,7D. The molecular weight excluding hydrogens is 194 g/mol. The van der Waals surface area contributed by atoms with Gasteiger partial charge in [-0.05, 0) is 32.0 Å². The highest BCUT2D eigenvalue weighted by atomic mass is 16.7. The first kappa shape index (κ1) is 3.49. The first-order valence-corrected chi connectivity index (χ1v) is 3.94. The Morgan fingerprint density at radius 3 is 3.33 bits per heavy atom. The monoisotopic (exact) mass is 217 g/mol. The fourth-order valence-electron chi connectivity index (χ4n) is 1.02. The number of carbonyl (C=O) groups excluding carboxylic acids is 1. The van der Waals surface area contributed by atoms with Crippen LogP contribution in [0.5, 0.6) is 11.5 Å². The highest BCUT2D eigenvalue weighted by Gasteiger charge is 2.18. The number of carbonyl (C=O) groups is 1. The Balaban J connectivity index is 2.68. The molecule has 15 heavy (non-hydrogen) atoms. The summed E-state index contributed by atoms with van der Waals surface area (Å²) < 4.78 is 84.9. The molecule has 1 aliphatic rings. The summed E-state index contributed by atoms with van der Waals surface area (Å²) in [5, 5.41) is 1.47. The zero-order valence-electron chi connectivity index (χ0n) is 17.4. The zero-order chi connectivity index (χ0) is 19.4. The molecule has 0 saturated heterocycles. The van der Waals surface area contributed by atoms with Crippen molar-refractivity contribution in [3.8, 4) is 11.5 Å². The highest BCUT2D eigenvalue weighted by molar-refractivity contribution is 6.00. The van der Waals surface area contributed by atoms with Gasteiger partial charge in [0, 0.05) is 13.8 Å². The van der Waals surface area contributed by atoms with E-state index in [1.54, 1.807) is 0 Å². The maximum atomic E-state index is 12.7. The van der Waals surface area contributed by atoms with E-state index in [1.807, 2.05) is 0 Å². The summed E-state index contributed by atoms with van der Waals surface area (Å²) in [6.07, 6.45) is 0. The average molecular weight is 217 g/mol. The van der Waals surface area contributed by atoms with E-state index in [2.05, 4.69) is 0 Å². The van der Waals surface area contributed by atoms with Crippen LogP contribution in [0.2, 0.25) is 0 Å². The van der Waals surface area contributed by atoms with Gasteiger partial charge >= 0.3 is 0 Å². The molecule has 0 aliphatic carbocycles. The lowest BCUT2D eigenvalue weighted by Gasteiger charge is -2.09. The number of Topliss-reactive ketones (excluding diaryl/α,β-unsaturated/α-hetero) is 1. The van der Waals surface area contributed by atoms with Crippen molar-refractivity contribution in [2.45, 2.75) is 12.9 Å². The van der Waals surface area contributed by atoms with Crippen LogP contribution in [0.25, 0.3) is 0 Å². The van der Waals surface area contributed by atoms with Gasteiger partial charge in [0.05, 0.1) is 11.5 Å². The van der Waals surface area contributed by atoms with Gasteiger partial charge < -0.3 is 14.8 Å². The summed E-state index contributed by atoms with van der Waals surface area (Å²) in [5.41, 5.74) is -0.905. The molecule has 2 rings (SSSR count). The number of nitrogens with one attached hydrogen (secondary N) is 1. The van der Waals surface area contributed by atoms with Crippen LogP contribution in [0.15, 0.2) is 18.1 Å². The molecule has 1 aliphatic heterocycles. The maximum absolute atomic E-state index is 12.7. The zero-order valence-corrected chi connectivity index (χ0v) is 7.43. The number of hydrogen-bond acceptors (Lipinski definition) is 4. The van der Waals surface area contributed by atoms with Crippen LogP contribution in [0, 0.1) is 0 Å². The molecule has 0 radical (unpaired) electrons. The normalized spacial score (nSPS) is 28.5. The van der Waals surface area contributed by atoms with Gasteiger partial charge in [-0.25, -0.2) is 0 Å². The number of fused-ring (bicyclic) bond motifs is 1. The van der Waals surface area contributed by atoms with Gasteiger partial charge in [-0.15, -0.1) is 0 Å². The number of hydrogen-bond donors (Lipinski definition) is 1. The van der Waals surface area contributed by atoms with E-state index in [9.17, 15) is 4.79 Å². The average Bonchev–Trinajstić information content (AvgIpc) is 2.91. The predicted molar refractivity (Wildman–Crippen MR) is 55.4 cm³/mol. The third kappa shape index (κ3) is 1.80. The second kappa shape index (κ2) is 3.90. The van der Waals surface area contributed by atoms with Crippen LogP contribution in [0.3, 0.4) is 0 Å². The Bertz CT molecular complexity index is 729. The van der Waals surface area contributed by atoms with Crippen molar-refractivity contribution in [1.29, 1.82) is 0 Å². The molecule has 0 bridgehead atoms. The third-order valence-corrected chi connectivity index (χ3v) is 1.73. The number of rotatable bonds is 3. The molecule has 0 amide bonds. The quantitative estimate of drug-likeness (QED) is 0.773. The number of ketones is 1. The van der Waals surface area contributed by atoms with Crippen LogP contribution in [0.4, 0.5) is 0 Å². The first-order chi connectivity index (χ1) is 11.2. The maximum Gasteiger partial charge on any atom is 0.231 e. The van der Waals surface area contributed by atoms with E-state index >= 15 is 0 Å². The third-order valence-electron chi connectivity index (χ3n) is 1.73. The molecule has 1 heterocycles. The Morgan fingerprint density at radius 1 is 1.67 bits per heavy atom. The van der Waals surface area contributed by atoms with Crippen molar-refractivity contribution in [1.82, 2.24) is 5.32 Å². The van der Waals surface area contributed by atoms with Gasteiger partial charge in [0.1, 0.15) is 0 Å². The molecule has 0 saturated carbocycles. The van der Waals surface area contributed by atoms with Gasteiger partial charge in [-0.3, -0.25) is 4.79 Å². The molecule has 0 unspecified atom stereocenters. The van der Waals surface area contributed by atoms with E-state index in [0.29, 0.717) is 0 Å². The highest BCUT2D eigenvalue weighted by Crippen LogP contribution is 2.32. The second-order valence-corrected chi connectivity index (χ2v) is 2.64. The first-order valence-electron chi connectivity index (χ1n) is 8.94. The minimum atomic E-state index is -3.43. The number of ether oxygens (including phenoxy) is 2. The summed E-state index contributed by atoms with van der Waals surface area (Å²) in [7, 11) is 0. The van der Waals surface area contributed by atoms with E-state index in [-0.39, 0.29) is 18.3 Å². The van der Waals surface area contributed by atoms with Crippen molar-refractivity contribution in [3.63, 3.8) is 0 Å². The summed E-state index contributed by atoms with van der Waals surface area (Å²) in [6, 6.07) is -5.59. The van der Waals surface area contributed by atoms with E-state index in [4.69, 9.17) is 23.2 Å². The molecule has 1 aromatic rings. The Labute approximate surface area is 102 Å². The molecule has 1 atom stereocenters. The SMILES string of the molecule is [2H]c1c([2H])c(C(=O)[C@]([2H])(NC([2H])([2H])[2H])C([2H])([2H])[2H])c([2H])c2c1OCO2. The lowest BCUT2D eigenvalue weighted by atomic mass is 10.1. The summed E-state index contributed by atoms with van der Waals surface area (Å²) >= 11 is 0. The smallest absolute Gasteiger partial charge is 0.231 e. The minimum absolute atomic E-state index is 0.250. The molecule has 0 spiro atoms. The molecular formula is C11H13NO3. The molecule has 0 aromatic heterocycles. The lowest BCUT2D eigenvalue weighted by Crippen LogP contribution is -2.30. The van der Waals surface area contributed by atoms with Gasteiger partial charge in [0.2, 0.25) is 6.79 Å². The molecule has 80 valence electrons. The summed E-state index contributed by atoms with van der Waals surface area (Å²) in [4.78, 5) is 12.7. The summed E-state index contributed by atoms with van der Waals surface area (Å²) in [6.45, 7) is -6.95. The van der Waals surface area contributed by atoms with Gasteiger partial charge in [0.15, 0.2) is 17.3 Å². The fraction of sp³-hybridized carbons (Fsp3) is 0.364. The van der Waals surface area contributed by atoms with E-state index < -0.39 is 49.3 Å². The summed E-state index contributed by atoms with van der Waals surface area (Å²) in [5.74, 6) is -2.24. The Morgan fingerprint density at radius 2 is 2.53 bits per heavy atom. The van der Waals surface area contributed by atoms with Crippen LogP contribution in [-0.2, 0) is 0 Å². The van der Waals surface area contributed by atoms with Gasteiger partial charge in [-0.2, -0.15) is 0 Å². The van der Waals surface area contributed by atoms with E-state index in [1.165, 1.54) is 5.32 Å². The molecule has 1 N–H and O–H groups in total. The predicted octanol–water partition coefficient (Wildman–Crippen LogP) is 1.21. The van der Waals surface area contributed by atoms with E-state index in [0.717, 1.165) is 0 Å². The van der Waals surface area contributed by atoms with Crippen LogP contribution in [0.1, 0.15) is 30.9 Å². The van der Waals surface area contributed by atoms with Crippen molar-refractivity contribution < 1.29 is 28.0 Å². The van der Waals surface area contributed by atoms with Crippen LogP contribution in [-0.4, -0.2) is 25.6 Å². The van der Waals surface area contributed by atoms with Crippen molar-refractivity contribution in [2.75, 3.05) is 13.8 Å². The molecule has 1 aromatic carbocycles.